The molecule has 1 aliphatic carbocycles. The average Bonchev–Trinajstić information content (AvgIpc) is 3.15. The predicted molar refractivity (Wildman–Crippen MR) is 67.5 cm³/mol. The van der Waals surface area contributed by atoms with Crippen molar-refractivity contribution in [2.45, 2.75) is 24.9 Å². The van der Waals surface area contributed by atoms with Crippen LogP contribution in [0, 0.1) is 0 Å². The Morgan fingerprint density at radius 1 is 1.29 bits per heavy atom. The van der Waals surface area contributed by atoms with Crippen LogP contribution in [0.5, 0.6) is 0 Å². The molecule has 0 bridgehead atoms. The molecule has 1 N–H and O–H groups in total. The van der Waals surface area contributed by atoms with E-state index >= 15 is 0 Å². The van der Waals surface area contributed by atoms with Crippen LogP contribution >= 0.6 is 0 Å². The summed E-state index contributed by atoms with van der Waals surface area (Å²) in [4.78, 5) is 10.9. The summed E-state index contributed by atoms with van der Waals surface area (Å²) in [5.41, 5.74) is -0.887. The minimum absolute atomic E-state index is 0.194. The normalized spacial score (nSPS) is 15.2. The van der Waals surface area contributed by atoms with E-state index in [1.54, 1.807) is 12.3 Å². The van der Waals surface area contributed by atoms with Gasteiger partial charge in [0.05, 0.1) is 22.5 Å². The van der Waals surface area contributed by atoms with Crippen molar-refractivity contribution in [2.24, 2.45) is 0 Å². The molecule has 1 aromatic carbocycles. The molecule has 0 atom stereocenters. The third-order valence-corrected chi connectivity index (χ3v) is 3.41. The fourth-order valence-corrected chi connectivity index (χ4v) is 2.17. The Labute approximate surface area is 117 Å². The highest BCUT2D eigenvalue weighted by atomic mass is 19.4. The molecule has 0 spiro atoms. The number of aromatic nitrogens is 2. The zero-order valence-corrected chi connectivity index (χ0v) is 10.8. The summed E-state index contributed by atoms with van der Waals surface area (Å²) in [6.45, 7) is 0. The average molecular weight is 296 g/mol. The maximum Gasteiger partial charge on any atom is 0.417 e. The number of carboxylic acids is 1. The Kier molecular flexibility index (Phi) is 3.00. The topological polar surface area (TPSA) is 55.1 Å². The van der Waals surface area contributed by atoms with E-state index in [2.05, 4.69) is 5.10 Å². The number of rotatable bonds is 3. The van der Waals surface area contributed by atoms with Gasteiger partial charge in [-0.15, -0.1) is 0 Å². The highest BCUT2D eigenvalue weighted by molar-refractivity contribution is 5.90. The van der Waals surface area contributed by atoms with Gasteiger partial charge in [-0.25, -0.2) is 9.48 Å². The maximum atomic E-state index is 13.0. The highest BCUT2D eigenvalue weighted by Crippen LogP contribution is 2.39. The van der Waals surface area contributed by atoms with Gasteiger partial charge in [-0.1, -0.05) is 0 Å². The summed E-state index contributed by atoms with van der Waals surface area (Å²) < 4.78 is 40.2. The van der Waals surface area contributed by atoms with Gasteiger partial charge in [0.2, 0.25) is 0 Å². The van der Waals surface area contributed by atoms with Crippen molar-refractivity contribution >= 4 is 5.97 Å². The van der Waals surface area contributed by atoms with E-state index in [0.717, 1.165) is 30.7 Å². The summed E-state index contributed by atoms with van der Waals surface area (Å²) in [5.74, 6) is -1.21. The molecule has 0 amide bonds. The maximum absolute atomic E-state index is 13.0. The molecule has 1 saturated carbocycles. The molecule has 1 aromatic heterocycles. The molecule has 0 radical (unpaired) electrons. The minimum atomic E-state index is -4.73. The molecule has 2 aromatic rings. The first kappa shape index (κ1) is 13.7. The summed E-state index contributed by atoms with van der Waals surface area (Å²) in [5, 5.41) is 13.1. The van der Waals surface area contributed by atoms with Gasteiger partial charge in [-0.05, 0) is 37.1 Å². The van der Waals surface area contributed by atoms with Crippen molar-refractivity contribution in [2.75, 3.05) is 0 Å². The SMILES string of the molecule is O=C(O)c1ccc(-n2ccc(C3CC3)n2)cc1C(F)(F)F. The number of carboxylic acid groups (broad SMARTS) is 1. The van der Waals surface area contributed by atoms with Crippen LogP contribution in [0.1, 0.15) is 40.4 Å². The van der Waals surface area contributed by atoms with E-state index < -0.39 is 23.3 Å². The molecule has 110 valence electrons. The van der Waals surface area contributed by atoms with Gasteiger partial charge in [0, 0.05) is 12.1 Å². The van der Waals surface area contributed by atoms with Crippen LogP contribution in [0.2, 0.25) is 0 Å². The molecule has 7 heteroatoms. The summed E-state index contributed by atoms with van der Waals surface area (Å²) in [7, 11) is 0. The van der Waals surface area contributed by atoms with Crippen molar-refractivity contribution in [1.82, 2.24) is 9.78 Å². The van der Waals surface area contributed by atoms with Crippen LogP contribution in [-0.2, 0) is 6.18 Å². The number of benzene rings is 1. The molecule has 0 unspecified atom stereocenters. The number of hydrogen-bond acceptors (Lipinski definition) is 2. The summed E-state index contributed by atoms with van der Waals surface area (Å²) in [6.07, 6.45) is -1.05. The number of carbonyl (C=O) groups is 1. The molecule has 1 heterocycles. The second kappa shape index (κ2) is 4.61. The summed E-state index contributed by atoms with van der Waals surface area (Å²) in [6, 6.07) is 4.87. The van der Waals surface area contributed by atoms with Gasteiger partial charge < -0.3 is 5.11 Å². The van der Waals surface area contributed by atoms with Gasteiger partial charge in [0.15, 0.2) is 0 Å². The number of aromatic carboxylic acids is 1. The van der Waals surface area contributed by atoms with E-state index in [1.807, 2.05) is 0 Å². The van der Waals surface area contributed by atoms with Crippen molar-refractivity contribution in [1.29, 1.82) is 0 Å². The number of halogens is 3. The standard InChI is InChI=1S/C14H11F3N2O2/c15-14(16,17)11-7-9(3-4-10(11)13(20)21)19-6-5-12(18-19)8-1-2-8/h3-8H,1-2H2,(H,20,21). The third-order valence-electron chi connectivity index (χ3n) is 3.41. The molecule has 1 aliphatic rings. The van der Waals surface area contributed by atoms with Gasteiger partial charge >= 0.3 is 12.1 Å². The number of hydrogen-bond donors (Lipinski definition) is 1. The van der Waals surface area contributed by atoms with Crippen molar-refractivity contribution in [3.05, 3.63) is 47.3 Å². The molecule has 3 rings (SSSR count). The molecular formula is C14H11F3N2O2. The first-order chi connectivity index (χ1) is 9.86. The monoisotopic (exact) mass is 296 g/mol. The lowest BCUT2D eigenvalue weighted by molar-refractivity contribution is -0.138. The second-order valence-corrected chi connectivity index (χ2v) is 4.99. The Hall–Kier alpha value is -2.31. The van der Waals surface area contributed by atoms with Crippen molar-refractivity contribution in [3.8, 4) is 5.69 Å². The van der Waals surface area contributed by atoms with E-state index in [1.165, 1.54) is 10.7 Å². The van der Waals surface area contributed by atoms with Gasteiger partial charge in [0.1, 0.15) is 0 Å². The first-order valence-electron chi connectivity index (χ1n) is 6.37. The van der Waals surface area contributed by atoms with E-state index in [0.29, 0.717) is 5.92 Å². The fourth-order valence-electron chi connectivity index (χ4n) is 2.17. The Morgan fingerprint density at radius 2 is 2.00 bits per heavy atom. The van der Waals surface area contributed by atoms with Crippen LogP contribution in [0.25, 0.3) is 5.69 Å². The van der Waals surface area contributed by atoms with Gasteiger partial charge in [-0.3, -0.25) is 0 Å². The highest BCUT2D eigenvalue weighted by Gasteiger charge is 2.36. The lowest BCUT2D eigenvalue weighted by Crippen LogP contribution is -2.14. The van der Waals surface area contributed by atoms with Crippen molar-refractivity contribution in [3.63, 3.8) is 0 Å². The molecular weight excluding hydrogens is 285 g/mol. The largest absolute Gasteiger partial charge is 0.478 e. The van der Waals surface area contributed by atoms with Crippen LogP contribution in [-0.4, -0.2) is 20.9 Å². The van der Waals surface area contributed by atoms with Crippen LogP contribution in [0.4, 0.5) is 13.2 Å². The van der Waals surface area contributed by atoms with E-state index in [-0.39, 0.29) is 5.69 Å². The predicted octanol–water partition coefficient (Wildman–Crippen LogP) is 3.47. The van der Waals surface area contributed by atoms with E-state index in [9.17, 15) is 18.0 Å². The Balaban J connectivity index is 2.04. The Bertz CT molecular complexity index is 702. The number of nitrogens with zero attached hydrogens (tertiary/aromatic N) is 2. The second-order valence-electron chi connectivity index (χ2n) is 4.99. The van der Waals surface area contributed by atoms with Crippen LogP contribution in [0.15, 0.2) is 30.5 Å². The number of alkyl halides is 3. The molecule has 0 aliphatic heterocycles. The molecule has 21 heavy (non-hydrogen) atoms. The van der Waals surface area contributed by atoms with Gasteiger partial charge in [0.25, 0.3) is 0 Å². The molecule has 0 saturated heterocycles. The quantitative estimate of drug-likeness (QED) is 0.943. The lowest BCUT2D eigenvalue weighted by atomic mass is 10.1. The smallest absolute Gasteiger partial charge is 0.417 e. The zero-order valence-electron chi connectivity index (χ0n) is 10.8. The van der Waals surface area contributed by atoms with Crippen molar-refractivity contribution < 1.29 is 23.1 Å². The third kappa shape index (κ3) is 2.63. The zero-order chi connectivity index (χ0) is 15.2. The van der Waals surface area contributed by atoms with Gasteiger partial charge in [-0.2, -0.15) is 18.3 Å². The Morgan fingerprint density at radius 3 is 2.57 bits per heavy atom. The van der Waals surface area contributed by atoms with Crippen LogP contribution in [0.3, 0.4) is 0 Å². The van der Waals surface area contributed by atoms with Crippen LogP contribution < -0.4 is 0 Å². The molecule has 1 fully saturated rings. The summed E-state index contributed by atoms with van der Waals surface area (Å²) >= 11 is 0. The lowest BCUT2D eigenvalue weighted by Gasteiger charge is -2.12. The molecule has 4 nitrogen and oxygen atoms in total. The first-order valence-corrected chi connectivity index (χ1v) is 6.37. The fraction of sp³-hybridized carbons (Fsp3) is 0.286. The van der Waals surface area contributed by atoms with E-state index in [4.69, 9.17) is 5.11 Å². The minimum Gasteiger partial charge on any atom is -0.478 e.